The van der Waals surface area contributed by atoms with Gasteiger partial charge in [-0.2, -0.15) is 0 Å². The summed E-state index contributed by atoms with van der Waals surface area (Å²) in [4.78, 5) is 10.4. The Morgan fingerprint density at radius 3 is 2.45 bits per heavy atom. The van der Waals surface area contributed by atoms with Crippen molar-refractivity contribution in [1.29, 1.82) is 0 Å². The van der Waals surface area contributed by atoms with Crippen molar-refractivity contribution in [3.8, 4) is 11.5 Å². The predicted molar refractivity (Wildman–Crippen MR) is 69.5 cm³/mol. The highest BCUT2D eigenvalue weighted by Crippen LogP contribution is 2.25. The van der Waals surface area contributed by atoms with Gasteiger partial charge < -0.3 is 9.84 Å². The zero-order valence-corrected chi connectivity index (χ0v) is 10.2. The van der Waals surface area contributed by atoms with Crippen LogP contribution in [0.2, 0.25) is 0 Å². The van der Waals surface area contributed by atoms with Crippen LogP contribution < -0.4 is 4.74 Å². The molecule has 2 aromatic carbocycles. The summed E-state index contributed by atoms with van der Waals surface area (Å²) >= 11 is 0. The summed E-state index contributed by atoms with van der Waals surface area (Å²) in [7, 11) is 0. The van der Waals surface area contributed by atoms with Gasteiger partial charge in [-0.15, -0.1) is 0 Å². The molecule has 0 saturated heterocycles. The van der Waals surface area contributed by atoms with E-state index in [-0.39, 0.29) is 5.75 Å². The number of aliphatic carboxylic acids is 1. The lowest BCUT2D eigenvalue weighted by Gasteiger charge is -2.07. The van der Waals surface area contributed by atoms with Crippen LogP contribution in [0.5, 0.6) is 11.5 Å². The molecule has 2 aromatic rings. The van der Waals surface area contributed by atoms with Crippen LogP contribution in [-0.2, 0) is 4.79 Å². The van der Waals surface area contributed by atoms with E-state index in [9.17, 15) is 13.6 Å². The Morgan fingerprint density at radius 2 is 1.80 bits per heavy atom. The van der Waals surface area contributed by atoms with Crippen molar-refractivity contribution in [2.24, 2.45) is 0 Å². The van der Waals surface area contributed by atoms with Gasteiger partial charge in [0.05, 0.1) is 0 Å². The molecule has 0 atom stereocenters. The van der Waals surface area contributed by atoms with Crippen LogP contribution in [-0.4, -0.2) is 11.1 Å². The zero-order valence-electron chi connectivity index (χ0n) is 10.2. The first-order chi connectivity index (χ1) is 9.54. The molecule has 0 aliphatic carbocycles. The van der Waals surface area contributed by atoms with Gasteiger partial charge in [0.25, 0.3) is 0 Å². The lowest BCUT2D eigenvalue weighted by atomic mass is 10.2. The van der Waals surface area contributed by atoms with Crippen LogP contribution in [0.3, 0.4) is 0 Å². The number of halogens is 2. The van der Waals surface area contributed by atoms with Crippen molar-refractivity contribution in [3.63, 3.8) is 0 Å². The third kappa shape index (κ3) is 3.65. The quantitative estimate of drug-likeness (QED) is 0.863. The summed E-state index contributed by atoms with van der Waals surface area (Å²) in [6.45, 7) is 0. The molecule has 102 valence electrons. The minimum Gasteiger partial charge on any atom is -0.478 e. The van der Waals surface area contributed by atoms with Crippen molar-refractivity contribution in [1.82, 2.24) is 0 Å². The van der Waals surface area contributed by atoms with E-state index in [0.29, 0.717) is 11.3 Å². The summed E-state index contributed by atoms with van der Waals surface area (Å²) in [5.74, 6) is -2.20. The van der Waals surface area contributed by atoms with E-state index in [1.165, 1.54) is 18.2 Å². The highest BCUT2D eigenvalue weighted by molar-refractivity contribution is 5.85. The van der Waals surface area contributed by atoms with Crippen LogP contribution >= 0.6 is 0 Å². The van der Waals surface area contributed by atoms with Gasteiger partial charge in [0.1, 0.15) is 11.6 Å². The van der Waals surface area contributed by atoms with Crippen molar-refractivity contribution in [3.05, 3.63) is 65.7 Å². The molecular weight excluding hydrogens is 266 g/mol. The molecule has 0 spiro atoms. The SMILES string of the molecule is O=C(O)C=Cc1ccc(Oc2cc(F)ccc2F)cc1. The molecule has 2 rings (SSSR count). The Labute approximate surface area is 113 Å². The van der Waals surface area contributed by atoms with Crippen molar-refractivity contribution >= 4 is 12.0 Å². The fourth-order valence-electron chi connectivity index (χ4n) is 1.50. The molecule has 0 aliphatic heterocycles. The molecule has 20 heavy (non-hydrogen) atoms. The molecule has 0 saturated carbocycles. The van der Waals surface area contributed by atoms with Gasteiger partial charge in [0, 0.05) is 12.1 Å². The Kier molecular flexibility index (Phi) is 4.10. The highest BCUT2D eigenvalue weighted by Gasteiger charge is 2.06. The fourth-order valence-corrected chi connectivity index (χ4v) is 1.50. The number of carboxylic acids is 1. The van der Waals surface area contributed by atoms with Gasteiger partial charge in [-0.25, -0.2) is 13.6 Å². The molecule has 0 radical (unpaired) electrons. The minimum atomic E-state index is -1.05. The largest absolute Gasteiger partial charge is 0.478 e. The second-order valence-corrected chi connectivity index (χ2v) is 3.92. The molecule has 0 aliphatic rings. The number of rotatable bonds is 4. The van der Waals surface area contributed by atoms with Gasteiger partial charge in [0.2, 0.25) is 0 Å². The number of ether oxygens (including phenoxy) is 1. The van der Waals surface area contributed by atoms with Crippen molar-refractivity contribution in [2.75, 3.05) is 0 Å². The highest BCUT2D eigenvalue weighted by atomic mass is 19.1. The van der Waals surface area contributed by atoms with Crippen LogP contribution in [0.25, 0.3) is 6.08 Å². The predicted octanol–water partition coefficient (Wildman–Crippen LogP) is 3.85. The number of carbonyl (C=O) groups is 1. The molecule has 0 unspecified atom stereocenters. The van der Waals surface area contributed by atoms with E-state index in [0.717, 1.165) is 24.3 Å². The first-order valence-electron chi connectivity index (χ1n) is 5.68. The topological polar surface area (TPSA) is 46.5 Å². The Balaban J connectivity index is 2.14. The second-order valence-electron chi connectivity index (χ2n) is 3.92. The molecule has 5 heteroatoms. The van der Waals surface area contributed by atoms with Crippen molar-refractivity contribution < 1.29 is 23.4 Å². The number of benzene rings is 2. The molecule has 0 aromatic heterocycles. The Hall–Kier alpha value is -2.69. The minimum absolute atomic E-state index is 0.209. The maximum atomic E-state index is 13.4. The monoisotopic (exact) mass is 276 g/mol. The van der Waals surface area contributed by atoms with E-state index < -0.39 is 17.6 Å². The van der Waals surface area contributed by atoms with Gasteiger partial charge in [-0.3, -0.25) is 0 Å². The third-order valence-electron chi connectivity index (χ3n) is 2.42. The van der Waals surface area contributed by atoms with Gasteiger partial charge in [0.15, 0.2) is 11.6 Å². The van der Waals surface area contributed by atoms with E-state index in [1.54, 1.807) is 12.1 Å². The molecule has 1 N–H and O–H groups in total. The number of hydrogen-bond acceptors (Lipinski definition) is 2. The summed E-state index contributed by atoms with van der Waals surface area (Å²) in [5, 5.41) is 8.49. The Bertz CT molecular complexity index is 649. The standard InChI is InChI=1S/C15H10F2O3/c16-11-4-7-13(17)14(9-11)20-12-5-1-10(2-6-12)3-8-15(18)19/h1-9H,(H,18,19). The summed E-state index contributed by atoms with van der Waals surface area (Å²) < 4.78 is 31.6. The average molecular weight is 276 g/mol. The zero-order chi connectivity index (χ0) is 14.5. The van der Waals surface area contributed by atoms with E-state index in [4.69, 9.17) is 9.84 Å². The third-order valence-corrected chi connectivity index (χ3v) is 2.42. The summed E-state index contributed by atoms with van der Waals surface area (Å²) in [6.07, 6.45) is 2.41. The first kappa shape index (κ1) is 13.7. The second kappa shape index (κ2) is 5.97. The maximum absolute atomic E-state index is 13.4. The number of carboxylic acid groups (broad SMARTS) is 1. The van der Waals surface area contributed by atoms with E-state index in [2.05, 4.69) is 0 Å². The maximum Gasteiger partial charge on any atom is 0.328 e. The van der Waals surface area contributed by atoms with E-state index >= 15 is 0 Å². The van der Waals surface area contributed by atoms with Crippen LogP contribution in [0.4, 0.5) is 8.78 Å². The van der Waals surface area contributed by atoms with Crippen LogP contribution in [0.1, 0.15) is 5.56 Å². The Morgan fingerprint density at radius 1 is 1.10 bits per heavy atom. The normalized spacial score (nSPS) is 10.7. The summed E-state index contributed by atoms with van der Waals surface area (Å²) in [6, 6.07) is 9.21. The van der Waals surface area contributed by atoms with Crippen LogP contribution in [0, 0.1) is 11.6 Å². The number of hydrogen-bond donors (Lipinski definition) is 1. The lowest BCUT2D eigenvalue weighted by molar-refractivity contribution is -0.131. The molecule has 0 heterocycles. The lowest BCUT2D eigenvalue weighted by Crippen LogP contribution is -1.90. The molecule has 0 fully saturated rings. The first-order valence-corrected chi connectivity index (χ1v) is 5.68. The van der Waals surface area contributed by atoms with Gasteiger partial charge >= 0.3 is 5.97 Å². The average Bonchev–Trinajstić information content (AvgIpc) is 2.42. The molecule has 3 nitrogen and oxygen atoms in total. The molecular formula is C15H10F2O3. The molecule has 0 amide bonds. The van der Waals surface area contributed by atoms with Gasteiger partial charge in [-0.05, 0) is 35.9 Å². The molecule has 0 bridgehead atoms. The smallest absolute Gasteiger partial charge is 0.328 e. The van der Waals surface area contributed by atoms with Gasteiger partial charge in [-0.1, -0.05) is 12.1 Å². The summed E-state index contributed by atoms with van der Waals surface area (Å²) in [5.41, 5.74) is 0.652. The van der Waals surface area contributed by atoms with Crippen molar-refractivity contribution in [2.45, 2.75) is 0 Å². The van der Waals surface area contributed by atoms with E-state index in [1.807, 2.05) is 0 Å². The van der Waals surface area contributed by atoms with Crippen LogP contribution in [0.15, 0.2) is 48.5 Å². The fraction of sp³-hybridized carbons (Fsp3) is 0.